The van der Waals surface area contributed by atoms with Crippen LogP contribution in [0.25, 0.3) is 22.0 Å². The Balaban J connectivity index is 1.72. The van der Waals surface area contributed by atoms with Gasteiger partial charge in [0.05, 0.1) is 21.9 Å². The zero-order valence-electron chi connectivity index (χ0n) is 13.7. The van der Waals surface area contributed by atoms with E-state index in [2.05, 4.69) is 29.7 Å². The van der Waals surface area contributed by atoms with Gasteiger partial charge in [0, 0.05) is 29.1 Å². The SMILES string of the molecule is Oc1c(Br)cc2oc3c(c2c1C=Nc1cccc2nsnc12)CCCC3. The third-order valence-corrected chi connectivity index (χ3v) is 5.95. The highest BCUT2D eigenvalue weighted by atomic mass is 79.9. The van der Waals surface area contributed by atoms with Gasteiger partial charge < -0.3 is 9.52 Å². The molecule has 130 valence electrons. The number of phenolic OH excluding ortho intramolecular Hbond substituents is 1. The van der Waals surface area contributed by atoms with E-state index in [1.54, 1.807) is 6.21 Å². The van der Waals surface area contributed by atoms with Crippen LogP contribution in [0.4, 0.5) is 5.69 Å². The zero-order valence-corrected chi connectivity index (χ0v) is 16.1. The van der Waals surface area contributed by atoms with Crippen molar-refractivity contribution in [3.05, 3.63) is 45.6 Å². The van der Waals surface area contributed by atoms with Crippen molar-refractivity contribution in [1.29, 1.82) is 0 Å². The van der Waals surface area contributed by atoms with Gasteiger partial charge >= 0.3 is 0 Å². The number of aliphatic imine (C=N–C) groups is 1. The molecule has 2 aromatic heterocycles. The summed E-state index contributed by atoms with van der Waals surface area (Å²) >= 11 is 4.60. The number of benzene rings is 2. The second kappa shape index (κ2) is 6.17. The molecule has 7 heteroatoms. The summed E-state index contributed by atoms with van der Waals surface area (Å²) in [7, 11) is 0. The van der Waals surface area contributed by atoms with Crippen LogP contribution < -0.4 is 0 Å². The minimum absolute atomic E-state index is 0.180. The largest absolute Gasteiger partial charge is 0.506 e. The normalized spacial score (nSPS) is 14.5. The van der Waals surface area contributed by atoms with Crippen LogP contribution in [0, 0.1) is 0 Å². The van der Waals surface area contributed by atoms with Crippen molar-refractivity contribution in [2.45, 2.75) is 25.7 Å². The van der Waals surface area contributed by atoms with Gasteiger partial charge in [0.15, 0.2) is 0 Å². The van der Waals surface area contributed by atoms with E-state index in [4.69, 9.17) is 4.42 Å². The van der Waals surface area contributed by atoms with Crippen LogP contribution in [0.15, 0.2) is 38.1 Å². The summed E-state index contributed by atoms with van der Waals surface area (Å²) in [5.41, 5.74) is 5.01. The van der Waals surface area contributed by atoms with Crippen molar-refractivity contribution >= 4 is 61.6 Å². The molecule has 0 saturated carbocycles. The smallest absolute Gasteiger partial charge is 0.139 e. The first-order valence-corrected chi connectivity index (χ1v) is 9.96. The van der Waals surface area contributed by atoms with Crippen LogP contribution in [-0.2, 0) is 12.8 Å². The Morgan fingerprint density at radius 3 is 3.04 bits per heavy atom. The second-order valence-electron chi connectivity index (χ2n) is 6.37. The standard InChI is InChI=1S/C19H14BrN3O2S/c20-12-8-16-17(10-4-1-2-7-15(10)25-16)11(19(12)24)9-21-13-5-3-6-14-18(13)23-26-22-14/h3,5-6,8-9,24H,1-2,4,7H2. The average molecular weight is 428 g/mol. The van der Waals surface area contributed by atoms with E-state index >= 15 is 0 Å². The van der Waals surface area contributed by atoms with Gasteiger partial charge in [0.2, 0.25) is 0 Å². The molecule has 1 aliphatic carbocycles. The molecule has 5 rings (SSSR count). The maximum Gasteiger partial charge on any atom is 0.139 e. The Morgan fingerprint density at radius 2 is 2.12 bits per heavy atom. The minimum atomic E-state index is 0.180. The van der Waals surface area contributed by atoms with Gasteiger partial charge in [-0.15, -0.1) is 0 Å². The van der Waals surface area contributed by atoms with Gasteiger partial charge in [-0.2, -0.15) is 8.75 Å². The molecule has 0 bridgehead atoms. The first kappa shape index (κ1) is 16.0. The topological polar surface area (TPSA) is 71.5 Å². The molecule has 0 amide bonds. The number of hydrogen-bond acceptors (Lipinski definition) is 6. The molecule has 0 saturated heterocycles. The molecule has 5 nitrogen and oxygen atoms in total. The van der Waals surface area contributed by atoms with Crippen LogP contribution in [0.3, 0.4) is 0 Å². The molecule has 1 aliphatic rings. The average Bonchev–Trinajstić information content (AvgIpc) is 3.26. The Kier molecular flexibility index (Phi) is 3.79. The first-order chi connectivity index (χ1) is 12.7. The summed E-state index contributed by atoms with van der Waals surface area (Å²) in [5, 5.41) is 11.6. The molecule has 0 radical (unpaired) electrons. The number of aromatic nitrogens is 2. The number of furan rings is 1. The summed E-state index contributed by atoms with van der Waals surface area (Å²) in [6.07, 6.45) is 5.90. The summed E-state index contributed by atoms with van der Waals surface area (Å²) < 4.78 is 15.2. The van der Waals surface area contributed by atoms with E-state index in [-0.39, 0.29) is 5.75 Å². The van der Waals surface area contributed by atoms with Crippen molar-refractivity contribution < 1.29 is 9.52 Å². The molecule has 26 heavy (non-hydrogen) atoms. The predicted molar refractivity (Wildman–Crippen MR) is 107 cm³/mol. The van der Waals surface area contributed by atoms with Gasteiger partial charge in [-0.3, -0.25) is 4.99 Å². The molecule has 2 aromatic carbocycles. The Labute approximate surface area is 161 Å². The lowest BCUT2D eigenvalue weighted by molar-refractivity contribution is 0.471. The second-order valence-corrected chi connectivity index (χ2v) is 7.75. The molecule has 0 aliphatic heterocycles. The maximum atomic E-state index is 10.7. The summed E-state index contributed by atoms with van der Waals surface area (Å²) in [5.74, 6) is 1.21. The number of halogens is 1. The molecule has 2 heterocycles. The number of phenols is 1. The summed E-state index contributed by atoms with van der Waals surface area (Å²) in [6.45, 7) is 0. The molecule has 0 fully saturated rings. The van der Waals surface area contributed by atoms with Crippen molar-refractivity contribution in [1.82, 2.24) is 8.75 Å². The van der Waals surface area contributed by atoms with Gasteiger partial charge in [0.1, 0.15) is 28.1 Å². The van der Waals surface area contributed by atoms with E-state index in [1.165, 1.54) is 17.3 Å². The number of nitrogens with zero attached hydrogens (tertiary/aromatic N) is 3. The first-order valence-electron chi connectivity index (χ1n) is 8.43. The van der Waals surface area contributed by atoms with E-state index in [0.717, 1.165) is 59.1 Å². The van der Waals surface area contributed by atoms with Crippen molar-refractivity contribution in [2.24, 2.45) is 4.99 Å². The lowest BCUT2D eigenvalue weighted by Gasteiger charge is -2.10. The number of aromatic hydroxyl groups is 1. The van der Waals surface area contributed by atoms with Gasteiger partial charge in [-0.25, -0.2) is 0 Å². The highest BCUT2D eigenvalue weighted by molar-refractivity contribution is 9.10. The molecular formula is C19H14BrN3O2S. The maximum absolute atomic E-state index is 10.7. The third kappa shape index (κ3) is 2.46. The van der Waals surface area contributed by atoms with Crippen molar-refractivity contribution in [2.75, 3.05) is 0 Å². The van der Waals surface area contributed by atoms with E-state index in [0.29, 0.717) is 10.0 Å². The van der Waals surface area contributed by atoms with E-state index < -0.39 is 0 Å². The van der Waals surface area contributed by atoms with Gasteiger partial charge in [0.25, 0.3) is 0 Å². The molecule has 0 unspecified atom stereocenters. The molecule has 0 spiro atoms. The van der Waals surface area contributed by atoms with E-state index in [1.807, 2.05) is 24.3 Å². The van der Waals surface area contributed by atoms with Gasteiger partial charge in [-0.05, 0) is 53.4 Å². The Bertz CT molecular complexity index is 1180. The molecule has 0 atom stereocenters. The number of aryl methyl sites for hydroxylation is 2. The minimum Gasteiger partial charge on any atom is -0.506 e. The lowest BCUT2D eigenvalue weighted by atomic mass is 9.94. The highest BCUT2D eigenvalue weighted by Gasteiger charge is 2.22. The van der Waals surface area contributed by atoms with Crippen LogP contribution in [0.1, 0.15) is 29.7 Å². The van der Waals surface area contributed by atoms with Crippen LogP contribution >= 0.6 is 27.7 Å². The summed E-state index contributed by atoms with van der Waals surface area (Å²) in [4.78, 5) is 4.61. The molecule has 4 aromatic rings. The molecular weight excluding hydrogens is 414 g/mol. The fourth-order valence-corrected chi connectivity index (χ4v) is 4.54. The lowest BCUT2D eigenvalue weighted by Crippen LogP contribution is -1.99. The fourth-order valence-electron chi connectivity index (χ4n) is 3.57. The monoisotopic (exact) mass is 427 g/mol. The number of fused-ring (bicyclic) bond motifs is 4. The highest BCUT2D eigenvalue weighted by Crippen LogP contribution is 2.40. The van der Waals surface area contributed by atoms with Gasteiger partial charge in [-0.1, -0.05) is 6.07 Å². The number of hydrogen-bond donors (Lipinski definition) is 1. The predicted octanol–water partition coefficient (Wildman–Crippen LogP) is 5.54. The Morgan fingerprint density at radius 1 is 1.23 bits per heavy atom. The molecule has 1 N–H and O–H groups in total. The van der Waals surface area contributed by atoms with E-state index in [9.17, 15) is 5.11 Å². The van der Waals surface area contributed by atoms with Crippen LogP contribution in [0.5, 0.6) is 5.75 Å². The third-order valence-electron chi connectivity index (χ3n) is 4.80. The fraction of sp³-hybridized carbons (Fsp3) is 0.211. The summed E-state index contributed by atoms with van der Waals surface area (Å²) in [6, 6.07) is 7.56. The van der Waals surface area contributed by atoms with Crippen molar-refractivity contribution in [3.8, 4) is 5.75 Å². The quantitative estimate of drug-likeness (QED) is 0.426. The number of rotatable bonds is 2. The zero-order chi connectivity index (χ0) is 17.7. The van der Waals surface area contributed by atoms with Crippen LogP contribution in [-0.4, -0.2) is 20.1 Å². The van der Waals surface area contributed by atoms with Crippen molar-refractivity contribution in [3.63, 3.8) is 0 Å². The van der Waals surface area contributed by atoms with Crippen LogP contribution in [0.2, 0.25) is 0 Å². The Hall–Kier alpha value is -2.25.